The van der Waals surface area contributed by atoms with Crippen LogP contribution in [0.1, 0.15) is 22.8 Å². The third kappa shape index (κ3) is 4.76. The number of aliphatic hydroxyl groups is 1. The average Bonchev–Trinajstić information content (AvgIpc) is 2.46. The van der Waals surface area contributed by atoms with Gasteiger partial charge in [-0.05, 0) is 31.2 Å². The van der Waals surface area contributed by atoms with Crippen LogP contribution >= 0.6 is 0 Å². The Hall–Kier alpha value is -1.13. The number of carbonyl (C=O) groups excluding carboxylic acids is 1. The Morgan fingerprint density at radius 2 is 1.60 bits per heavy atom. The van der Waals surface area contributed by atoms with E-state index in [1.165, 1.54) is 0 Å². The van der Waals surface area contributed by atoms with Crippen molar-refractivity contribution in [1.82, 2.24) is 0 Å². The van der Waals surface area contributed by atoms with E-state index >= 15 is 0 Å². The van der Waals surface area contributed by atoms with Gasteiger partial charge in [0.25, 0.3) is 0 Å². The second kappa shape index (κ2) is 8.22. The van der Waals surface area contributed by atoms with E-state index in [0.717, 1.165) is 0 Å². The summed E-state index contributed by atoms with van der Waals surface area (Å²) in [4.78, 5) is 12.1. The maximum absolute atomic E-state index is 12.1. The molecule has 2 aromatic carbocycles. The van der Waals surface area contributed by atoms with Gasteiger partial charge < -0.3 is 9.84 Å². The molecule has 0 fully saturated rings. The molecule has 0 amide bonds. The molecule has 0 aliphatic heterocycles. The zero-order valence-electron chi connectivity index (χ0n) is 10.7. The molecule has 0 radical (unpaired) electrons. The summed E-state index contributed by atoms with van der Waals surface area (Å²) in [6.07, 6.45) is -0.509. The average molecular weight is 280 g/mol. The third-order valence-corrected chi connectivity index (χ3v) is 2.64. The van der Waals surface area contributed by atoms with Crippen LogP contribution in [0.25, 0.3) is 0 Å². The van der Waals surface area contributed by atoms with Gasteiger partial charge >= 0.3 is 29.6 Å². The van der Waals surface area contributed by atoms with Crippen LogP contribution in [0, 0.1) is 0 Å². The van der Waals surface area contributed by atoms with E-state index < -0.39 is 6.10 Å². The molecule has 0 saturated heterocycles. The monoisotopic (exact) mass is 280 g/mol. The SMILES string of the molecule is CC(O)COc1ccc(C(=O)c2ccccc2)cc1.[NaH]. The van der Waals surface area contributed by atoms with Crippen molar-refractivity contribution in [2.75, 3.05) is 6.61 Å². The topological polar surface area (TPSA) is 46.5 Å². The molecule has 1 atom stereocenters. The number of carbonyl (C=O) groups is 1. The van der Waals surface area contributed by atoms with Gasteiger partial charge in [0, 0.05) is 11.1 Å². The zero-order valence-corrected chi connectivity index (χ0v) is 10.7. The van der Waals surface area contributed by atoms with E-state index in [-0.39, 0.29) is 41.9 Å². The van der Waals surface area contributed by atoms with Crippen molar-refractivity contribution in [3.63, 3.8) is 0 Å². The number of hydrogen-bond acceptors (Lipinski definition) is 3. The number of aliphatic hydroxyl groups excluding tert-OH is 1. The van der Waals surface area contributed by atoms with Crippen molar-refractivity contribution in [2.45, 2.75) is 13.0 Å². The first-order valence-corrected chi connectivity index (χ1v) is 6.17. The summed E-state index contributed by atoms with van der Waals surface area (Å²) >= 11 is 0. The van der Waals surface area contributed by atoms with Gasteiger partial charge in [0.05, 0.1) is 6.10 Å². The van der Waals surface area contributed by atoms with Crippen LogP contribution in [-0.2, 0) is 0 Å². The molecular weight excluding hydrogens is 263 g/mol. The Labute approximate surface area is 140 Å². The van der Waals surface area contributed by atoms with Crippen LogP contribution in [0.3, 0.4) is 0 Å². The van der Waals surface area contributed by atoms with Crippen LogP contribution < -0.4 is 4.74 Å². The first-order valence-electron chi connectivity index (χ1n) is 6.17. The van der Waals surface area contributed by atoms with Crippen molar-refractivity contribution in [2.24, 2.45) is 0 Å². The van der Waals surface area contributed by atoms with E-state index in [4.69, 9.17) is 9.84 Å². The van der Waals surface area contributed by atoms with Crippen LogP contribution in [0.15, 0.2) is 54.6 Å². The van der Waals surface area contributed by atoms with Crippen molar-refractivity contribution in [1.29, 1.82) is 0 Å². The molecule has 0 heterocycles. The van der Waals surface area contributed by atoms with Gasteiger partial charge in [-0.3, -0.25) is 4.79 Å². The number of benzene rings is 2. The third-order valence-electron chi connectivity index (χ3n) is 2.64. The van der Waals surface area contributed by atoms with Gasteiger partial charge in [0.15, 0.2) is 5.78 Å². The molecule has 0 aliphatic carbocycles. The van der Waals surface area contributed by atoms with Gasteiger partial charge in [0.2, 0.25) is 0 Å². The van der Waals surface area contributed by atoms with Gasteiger partial charge in [-0.2, -0.15) is 0 Å². The van der Waals surface area contributed by atoms with Gasteiger partial charge in [-0.1, -0.05) is 30.3 Å². The maximum atomic E-state index is 12.1. The summed E-state index contributed by atoms with van der Waals surface area (Å²) in [5.41, 5.74) is 1.29. The van der Waals surface area contributed by atoms with Gasteiger partial charge in [-0.25, -0.2) is 0 Å². The first-order chi connectivity index (χ1) is 9.16. The second-order valence-electron chi connectivity index (χ2n) is 4.38. The minimum absolute atomic E-state index is 0. The van der Waals surface area contributed by atoms with Gasteiger partial charge in [0.1, 0.15) is 12.4 Å². The standard InChI is InChI=1S/C16H16O3.Na.H/c1-12(17)11-19-15-9-7-14(8-10-15)16(18)13-5-3-2-4-6-13;;/h2-10,12,17H,11H2,1H3;;. The molecule has 1 N–H and O–H groups in total. The molecule has 100 valence electrons. The van der Waals surface area contributed by atoms with Crippen LogP contribution in [0.2, 0.25) is 0 Å². The molecule has 20 heavy (non-hydrogen) atoms. The van der Waals surface area contributed by atoms with Gasteiger partial charge in [-0.15, -0.1) is 0 Å². The van der Waals surface area contributed by atoms with Crippen molar-refractivity contribution >= 4 is 35.3 Å². The molecule has 0 aromatic heterocycles. The van der Waals surface area contributed by atoms with E-state index in [1.54, 1.807) is 43.3 Å². The Morgan fingerprint density at radius 1 is 1.05 bits per heavy atom. The van der Waals surface area contributed by atoms with Crippen LogP contribution in [0.5, 0.6) is 5.75 Å². The zero-order chi connectivity index (χ0) is 13.7. The molecule has 0 bridgehead atoms. The Kier molecular flexibility index (Phi) is 6.96. The number of ketones is 1. The molecule has 0 aliphatic rings. The fourth-order valence-corrected chi connectivity index (χ4v) is 1.68. The molecule has 0 saturated carbocycles. The predicted octanol–water partition coefficient (Wildman–Crippen LogP) is 2.03. The van der Waals surface area contributed by atoms with Crippen LogP contribution in [0.4, 0.5) is 0 Å². The second-order valence-corrected chi connectivity index (χ2v) is 4.38. The van der Waals surface area contributed by atoms with Crippen molar-refractivity contribution in [3.05, 3.63) is 65.7 Å². The van der Waals surface area contributed by atoms with Crippen molar-refractivity contribution < 1.29 is 14.6 Å². The number of hydrogen-bond donors (Lipinski definition) is 1. The van der Waals surface area contributed by atoms with E-state index in [9.17, 15) is 4.79 Å². The summed E-state index contributed by atoms with van der Waals surface area (Å²) in [5, 5.41) is 9.13. The number of rotatable bonds is 5. The molecule has 2 aromatic rings. The normalized spacial score (nSPS) is 11.3. The minimum atomic E-state index is -0.509. The predicted molar refractivity (Wildman–Crippen MR) is 80.6 cm³/mol. The summed E-state index contributed by atoms with van der Waals surface area (Å²) < 4.78 is 5.35. The molecule has 0 spiro atoms. The fraction of sp³-hybridized carbons (Fsp3) is 0.188. The van der Waals surface area contributed by atoms with Crippen LogP contribution in [-0.4, -0.2) is 53.2 Å². The Morgan fingerprint density at radius 3 is 2.15 bits per heavy atom. The first kappa shape index (κ1) is 16.9. The number of ether oxygens (including phenoxy) is 1. The van der Waals surface area contributed by atoms with E-state index in [1.807, 2.05) is 18.2 Å². The van der Waals surface area contributed by atoms with E-state index in [0.29, 0.717) is 16.9 Å². The fourth-order valence-electron chi connectivity index (χ4n) is 1.68. The summed E-state index contributed by atoms with van der Waals surface area (Å²) in [6, 6.07) is 16.1. The molecule has 3 nitrogen and oxygen atoms in total. The summed E-state index contributed by atoms with van der Waals surface area (Å²) in [5.74, 6) is 0.633. The molecule has 1 unspecified atom stereocenters. The molecule has 2 rings (SSSR count). The summed E-state index contributed by atoms with van der Waals surface area (Å²) in [6.45, 7) is 1.90. The quantitative estimate of drug-likeness (QED) is 0.673. The molecular formula is C16H17NaO3. The Balaban J connectivity index is 0.00000200. The molecule has 4 heteroatoms. The summed E-state index contributed by atoms with van der Waals surface area (Å²) in [7, 11) is 0. The van der Waals surface area contributed by atoms with E-state index in [2.05, 4.69) is 0 Å². The van der Waals surface area contributed by atoms with Crippen molar-refractivity contribution in [3.8, 4) is 5.75 Å². The Bertz CT molecular complexity index is 535.